The Morgan fingerprint density at radius 2 is 1.44 bits per heavy atom. The first-order valence-electron chi connectivity index (χ1n) is 9.80. The van der Waals surface area contributed by atoms with Gasteiger partial charge in [0.05, 0.1) is 0 Å². The average Bonchev–Trinajstić information content (AvgIpc) is 2.68. The summed E-state index contributed by atoms with van der Waals surface area (Å²) in [5, 5.41) is 1.20. The Morgan fingerprint density at radius 3 is 1.96 bits per heavy atom. The van der Waals surface area contributed by atoms with Gasteiger partial charge in [-0.25, -0.2) is 0 Å². The fourth-order valence-corrected chi connectivity index (χ4v) is 6.55. The van der Waals surface area contributed by atoms with E-state index in [-0.39, 0.29) is 0 Å². The van der Waals surface area contributed by atoms with E-state index in [1.54, 1.807) is 0 Å². The first-order chi connectivity index (χ1) is 13.0. The van der Waals surface area contributed by atoms with Gasteiger partial charge in [-0.3, -0.25) is 0 Å². The quantitative estimate of drug-likeness (QED) is 0.536. The molecule has 0 radical (unpaired) electrons. The second kappa shape index (κ2) is 10.6. The minimum atomic E-state index is -2.43. The van der Waals surface area contributed by atoms with Gasteiger partial charge in [0, 0.05) is 13.2 Å². The minimum Gasteiger partial charge on any atom is -0.391 e. The van der Waals surface area contributed by atoms with E-state index in [0.29, 0.717) is 13.2 Å². The molecule has 0 saturated heterocycles. The molecule has 0 amide bonds. The van der Waals surface area contributed by atoms with Crippen molar-refractivity contribution in [3.05, 3.63) is 72.3 Å². The van der Waals surface area contributed by atoms with Gasteiger partial charge in [0.1, 0.15) is 0 Å². The van der Waals surface area contributed by atoms with E-state index in [9.17, 15) is 0 Å². The van der Waals surface area contributed by atoms with Gasteiger partial charge in [-0.15, -0.1) is 0 Å². The SMILES string of the molecule is C=C(c1ccccc1)c1ccc([Si](CCCN(C)C)(OCC)OCC)cc1. The lowest BCUT2D eigenvalue weighted by Crippen LogP contribution is -2.54. The van der Waals surface area contributed by atoms with E-state index in [4.69, 9.17) is 8.85 Å². The van der Waals surface area contributed by atoms with Crippen LogP contribution in [0.3, 0.4) is 0 Å². The maximum atomic E-state index is 6.30. The monoisotopic (exact) mass is 383 g/mol. The summed E-state index contributed by atoms with van der Waals surface area (Å²) in [6.07, 6.45) is 1.07. The zero-order valence-electron chi connectivity index (χ0n) is 17.2. The van der Waals surface area contributed by atoms with Gasteiger partial charge in [-0.05, 0) is 68.8 Å². The molecule has 0 unspecified atom stereocenters. The van der Waals surface area contributed by atoms with Crippen molar-refractivity contribution in [2.24, 2.45) is 0 Å². The van der Waals surface area contributed by atoms with Crippen LogP contribution in [0.15, 0.2) is 61.2 Å². The van der Waals surface area contributed by atoms with Crippen LogP contribution in [0, 0.1) is 0 Å². The fraction of sp³-hybridized carbons (Fsp3) is 0.391. The highest BCUT2D eigenvalue weighted by Crippen LogP contribution is 2.22. The summed E-state index contributed by atoms with van der Waals surface area (Å²) >= 11 is 0. The predicted molar refractivity (Wildman–Crippen MR) is 118 cm³/mol. The first-order valence-corrected chi connectivity index (χ1v) is 11.8. The van der Waals surface area contributed by atoms with Gasteiger partial charge in [0.2, 0.25) is 0 Å². The van der Waals surface area contributed by atoms with Gasteiger partial charge in [0.25, 0.3) is 0 Å². The molecule has 4 heteroatoms. The van der Waals surface area contributed by atoms with Crippen LogP contribution < -0.4 is 5.19 Å². The Bertz CT molecular complexity index is 692. The van der Waals surface area contributed by atoms with E-state index in [1.807, 2.05) is 18.2 Å². The Labute approximate surface area is 165 Å². The standard InChI is InChI=1S/C23H33NO2Si/c1-6-25-27(26-7-2,19-11-18-24(4)5)23-16-14-22(15-17-23)20(3)21-12-9-8-10-13-21/h8-10,12-17H,3,6-7,11,18-19H2,1-2,4-5H3. The van der Waals surface area contributed by atoms with E-state index in [0.717, 1.165) is 35.7 Å². The third-order valence-electron chi connectivity index (χ3n) is 4.66. The Balaban J connectivity index is 2.25. The van der Waals surface area contributed by atoms with Crippen molar-refractivity contribution in [2.75, 3.05) is 33.9 Å². The highest BCUT2D eigenvalue weighted by molar-refractivity contribution is 6.81. The first kappa shape index (κ1) is 21.6. The molecule has 0 heterocycles. The van der Waals surface area contributed by atoms with Crippen molar-refractivity contribution in [1.29, 1.82) is 0 Å². The predicted octanol–water partition coefficient (Wildman–Crippen LogP) is 4.42. The molecule has 0 N–H and O–H groups in total. The summed E-state index contributed by atoms with van der Waals surface area (Å²) in [4.78, 5) is 2.21. The molecule has 0 fully saturated rings. The van der Waals surface area contributed by atoms with Crippen molar-refractivity contribution >= 4 is 19.3 Å². The number of hydrogen-bond donors (Lipinski definition) is 0. The van der Waals surface area contributed by atoms with Crippen LogP contribution in [-0.4, -0.2) is 47.3 Å². The minimum absolute atomic E-state index is 0.673. The molecule has 2 aromatic carbocycles. The number of hydrogen-bond acceptors (Lipinski definition) is 3. The van der Waals surface area contributed by atoms with E-state index < -0.39 is 8.56 Å². The van der Waals surface area contributed by atoms with Gasteiger partial charge < -0.3 is 13.8 Å². The Hall–Kier alpha value is -1.72. The summed E-state index contributed by atoms with van der Waals surface area (Å²) in [5.74, 6) is 0. The summed E-state index contributed by atoms with van der Waals surface area (Å²) in [6.45, 7) is 10.8. The molecule has 0 saturated carbocycles. The van der Waals surface area contributed by atoms with Crippen LogP contribution in [0.25, 0.3) is 5.57 Å². The van der Waals surface area contributed by atoms with Crippen LogP contribution in [0.1, 0.15) is 31.4 Å². The van der Waals surface area contributed by atoms with Gasteiger partial charge in [-0.1, -0.05) is 61.2 Å². The normalized spacial score (nSPS) is 11.7. The molecule has 0 atom stereocenters. The summed E-state index contributed by atoms with van der Waals surface area (Å²) in [7, 11) is 1.78. The number of nitrogens with zero attached hydrogens (tertiary/aromatic N) is 1. The molecule has 0 aliphatic carbocycles. The molecule has 0 spiro atoms. The summed E-state index contributed by atoms with van der Waals surface area (Å²) in [5.41, 5.74) is 3.32. The molecule has 2 rings (SSSR count). The zero-order chi connectivity index (χ0) is 19.7. The summed E-state index contributed by atoms with van der Waals surface area (Å²) in [6, 6.07) is 19.9. The third-order valence-corrected chi connectivity index (χ3v) is 8.40. The zero-order valence-corrected chi connectivity index (χ0v) is 18.2. The van der Waals surface area contributed by atoms with Crippen LogP contribution in [0.2, 0.25) is 6.04 Å². The van der Waals surface area contributed by atoms with E-state index >= 15 is 0 Å². The lowest BCUT2D eigenvalue weighted by Gasteiger charge is -2.31. The van der Waals surface area contributed by atoms with Gasteiger partial charge in [0.15, 0.2) is 0 Å². The molecule has 146 valence electrons. The van der Waals surface area contributed by atoms with Gasteiger partial charge in [-0.2, -0.15) is 0 Å². The lowest BCUT2D eigenvalue weighted by atomic mass is 10.00. The van der Waals surface area contributed by atoms with Crippen molar-refractivity contribution in [3.8, 4) is 0 Å². The number of benzene rings is 2. The molecule has 0 aliphatic rings. The smallest absolute Gasteiger partial charge is 0.372 e. The van der Waals surface area contributed by atoms with Crippen LogP contribution in [0.5, 0.6) is 0 Å². The van der Waals surface area contributed by atoms with E-state index in [2.05, 4.69) is 75.8 Å². The van der Waals surface area contributed by atoms with Crippen LogP contribution in [-0.2, 0) is 8.85 Å². The second-order valence-electron chi connectivity index (χ2n) is 6.95. The molecule has 0 aliphatic heterocycles. The topological polar surface area (TPSA) is 21.7 Å². The average molecular weight is 384 g/mol. The molecule has 0 aromatic heterocycles. The van der Waals surface area contributed by atoms with E-state index in [1.165, 1.54) is 5.19 Å². The maximum Gasteiger partial charge on any atom is 0.372 e. The Morgan fingerprint density at radius 1 is 0.889 bits per heavy atom. The van der Waals surface area contributed by atoms with Crippen molar-refractivity contribution < 1.29 is 8.85 Å². The van der Waals surface area contributed by atoms with Crippen molar-refractivity contribution in [2.45, 2.75) is 26.3 Å². The van der Waals surface area contributed by atoms with Crippen LogP contribution >= 0.6 is 0 Å². The molecule has 0 bridgehead atoms. The Kier molecular flexibility index (Phi) is 8.45. The largest absolute Gasteiger partial charge is 0.391 e. The molecule has 3 nitrogen and oxygen atoms in total. The maximum absolute atomic E-state index is 6.30. The van der Waals surface area contributed by atoms with Gasteiger partial charge >= 0.3 is 8.56 Å². The van der Waals surface area contributed by atoms with Crippen LogP contribution in [0.4, 0.5) is 0 Å². The lowest BCUT2D eigenvalue weighted by molar-refractivity contribution is 0.194. The molecular weight excluding hydrogens is 350 g/mol. The van der Waals surface area contributed by atoms with Crippen molar-refractivity contribution in [1.82, 2.24) is 4.90 Å². The fourth-order valence-electron chi connectivity index (χ4n) is 3.32. The second-order valence-corrected chi connectivity index (χ2v) is 10.1. The number of rotatable bonds is 11. The highest BCUT2D eigenvalue weighted by Gasteiger charge is 2.39. The summed E-state index contributed by atoms with van der Waals surface area (Å²) < 4.78 is 12.6. The van der Waals surface area contributed by atoms with Crippen molar-refractivity contribution in [3.63, 3.8) is 0 Å². The molecular formula is C23H33NO2Si. The molecule has 2 aromatic rings. The highest BCUT2D eigenvalue weighted by atomic mass is 28.4. The third kappa shape index (κ3) is 5.88. The molecule has 27 heavy (non-hydrogen) atoms.